The van der Waals surface area contributed by atoms with E-state index >= 15 is 0 Å². The topological polar surface area (TPSA) is 120 Å². The number of amides is 1. The van der Waals surface area contributed by atoms with E-state index in [1.54, 1.807) is 23.5 Å². The predicted molar refractivity (Wildman–Crippen MR) is 167 cm³/mol. The molecule has 11 nitrogen and oxygen atoms in total. The molecule has 2 saturated heterocycles. The third kappa shape index (κ3) is 6.49. The van der Waals surface area contributed by atoms with Gasteiger partial charge in [-0.2, -0.15) is 9.97 Å². The SMILES string of the molecule is O=C(c1cc(NC2CCN(c3ccncn3)CC2)nc(OC2CCCC2)n1)N1CC[C@@H](N2CCc3ccccc3C2)[C@H](O)C1. The second-order valence-electron chi connectivity index (χ2n) is 12.6. The van der Waals surface area contributed by atoms with Gasteiger partial charge in [-0.1, -0.05) is 24.3 Å². The van der Waals surface area contributed by atoms with Gasteiger partial charge in [0.05, 0.1) is 6.10 Å². The van der Waals surface area contributed by atoms with Crippen molar-refractivity contribution in [3.63, 3.8) is 0 Å². The number of nitrogens with zero attached hydrogens (tertiary/aromatic N) is 7. The number of hydrogen-bond acceptors (Lipinski definition) is 10. The molecular formula is C33H42N8O3. The molecule has 3 fully saturated rings. The van der Waals surface area contributed by atoms with Crippen LogP contribution >= 0.6 is 0 Å². The Kier molecular flexibility index (Phi) is 8.56. The fourth-order valence-electron chi connectivity index (χ4n) is 7.24. The predicted octanol–water partition coefficient (Wildman–Crippen LogP) is 3.30. The Hall–Kier alpha value is -3.83. The number of β-amino-alcohol motifs (C(OH)–C–C–N with tert-alkyl or cyclic N) is 1. The number of aliphatic hydroxyl groups is 1. The second-order valence-corrected chi connectivity index (χ2v) is 12.6. The first-order valence-corrected chi connectivity index (χ1v) is 16.2. The van der Waals surface area contributed by atoms with Crippen LogP contribution in [0.5, 0.6) is 6.01 Å². The van der Waals surface area contributed by atoms with Gasteiger partial charge in [-0.25, -0.2) is 9.97 Å². The van der Waals surface area contributed by atoms with E-state index in [1.165, 1.54) is 11.1 Å². The summed E-state index contributed by atoms with van der Waals surface area (Å²) in [7, 11) is 0. The van der Waals surface area contributed by atoms with Crippen molar-refractivity contribution in [1.82, 2.24) is 29.7 Å². The normalized spacial score (nSPS) is 23.4. The first-order chi connectivity index (χ1) is 21.6. The fourth-order valence-corrected chi connectivity index (χ4v) is 7.24. The Bertz CT molecular complexity index is 1430. The molecule has 44 heavy (non-hydrogen) atoms. The van der Waals surface area contributed by atoms with Crippen molar-refractivity contribution in [1.29, 1.82) is 0 Å². The first kappa shape index (κ1) is 28.9. The minimum atomic E-state index is -0.619. The third-order valence-electron chi connectivity index (χ3n) is 9.70. The molecule has 3 aliphatic heterocycles. The summed E-state index contributed by atoms with van der Waals surface area (Å²) in [4.78, 5) is 37.9. The van der Waals surface area contributed by atoms with Crippen LogP contribution in [0.15, 0.2) is 48.9 Å². The van der Waals surface area contributed by atoms with E-state index in [1.807, 2.05) is 6.07 Å². The van der Waals surface area contributed by atoms with Crippen LogP contribution in [0.2, 0.25) is 0 Å². The summed E-state index contributed by atoms with van der Waals surface area (Å²) in [6, 6.07) is 12.7. The summed E-state index contributed by atoms with van der Waals surface area (Å²) in [6.07, 6.45) is 10.6. The zero-order chi connectivity index (χ0) is 29.9. The van der Waals surface area contributed by atoms with Crippen LogP contribution in [0.1, 0.15) is 66.6 Å². The van der Waals surface area contributed by atoms with Gasteiger partial charge in [-0.05, 0) is 68.6 Å². The summed E-state index contributed by atoms with van der Waals surface area (Å²) >= 11 is 0. The Morgan fingerprint density at radius 1 is 0.955 bits per heavy atom. The van der Waals surface area contributed by atoms with Gasteiger partial charge in [-0.3, -0.25) is 9.69 Å². The number of benzene rings is 1. The lowest BCUT2D eigenvalue weighted by Gasteiger charge is -2.43. The van der Waals surface area contributed by atoms with Crippen LogP contribution < -0.4 is 15.0 Å². The molecule has 232 valence electrons. The molecule has 0 unspecified atom stereocenters. The maximum Gasteiger partial charge on any atom is 0.319 e. The highest BCUT2D eigenvalue weighted by Crippen LogP contribution is 2.28. The van der Waals surface area contributed by atoms with Crippen LogP contribution in [0.25, 0.3) is 0 Å². The quantitative estimate of drug-likeness (QED) is 0.419. The average molecular weight is 599 g/mol. The van der Waals surface area contributed by atoms with Gasteiger partial charge >= 0.3 is 6.01 Å². The van der Waals surface area contributed by atoms with Crippen molar-refractivity contribution in [2.24, 2.45) is 0 Å². The summed E-state index contributed by atoms with van der Waals surface area (Å²) in [5.74, 6) is 1.36. The van der Waals surface area contributed by atoms with Gasteiger partial charge in [0.15, 0.2) is 0 Å². The van der Waals surface area contributed by atoms with Crippen molar-refractivity contribution < 1.29 is 14.6 Å². The van der Waals surface area contributed by atoms with Crippen LogP contribution in [-0.4, -0.2) is 97.8 Å². The largest absolute Gasteiger partial charge is 0.460 e. The Labute approximate surface area is 258 Å². The zero-order valence-electron chi connectivity index (χ0n) is 25.2. The number of aromatic nitrogens is 4. The van der Waals surface area contributed by atoms with Gasteiger partial charge in [0.1, 0.15) is 29.8 Å². The minimum Gasteiger partial charge on any atom is -0.460 e. The van der Waals surface area contributed by atoms with Crippen molar-refractivity contribution in [3.05, 3.63) is 65.7 Å². The number of carbonyl (C=O) groups excluding carboxylic acids is 1. The number of piperidine rings is 2. The molecule has 0 spiro atoms. The number of carbonyl (C=O) groups is 1. The van der Waals surface area contributed by atoms with Crippen molar-refractivity contribution in [3.8, 4) is 6.01 Å². The average Bonchev–Trinajstić information content (AvgIpc) is 3.58. The molecular weight excluding hydrogens is 556 g/mol. The molecule has 1 aromatic carbocycles. The van der Waals surface area contributed by atoms with Crippen molar-refractivity contribution in [2.45, 2.75) is 82.2 Å². The molecule has 4 aliphatic rings. The lowest BCUT2D eigenvalue weighted by Crippen LogP contribution is -2.56. The van der Waals surface area contributed by atoms with Crippen LogP contribution in [0, 0.1) is 0 Å². The molecule has 1 aliphatic carbocycles. The molecule has 3 aromatic rings. The molecule has 1 amide bonds. The number of aliphatic hydroxyl groups excluding tert-OH is 1. The highest BCUT2D eigenvalue weighted by atomic mass is 16.5. The first-order valence-electron chi connectivity index (χ1n) is 16.2. The maximum atomic E-state index is 13.8. The van der Waals surface area contributed by atoms with E-state index < -0.39 is 6.10 Å². The lowest BCUT2D eigenvalue weighted by molar-refractivity contribution is -0.0139. The molecule has 0 radical (unpaired) electrons. The number of ether oxygens (including phenoxy) is 1. The number of nitrogens with one attached hydrogen (secondary N) is 1. The number of hydrogen-bond donors (Lipinski definition) is 2. The van der Waals surface area contributed by atoms with Gasteiger partial charge in [0, 0.05) is 63.6 Å². The summed E-state index contributed by atoms with van der Waals surface area (Å²) in [6.45, 7) is 4.36. The van der Waals surface area contributed by atoms with Gasteiger partial charge in [0.2, 0.25) is 0 Å². The molecule has 7 rings (SSSR count). The van der Waals surface area contributed by atoms with Crippen molar-refractivity contribution >= 4 is 17.5 Å². The molecule has 5 heterocycles. The highest BCUT2D eigenvalue weighted by molar-refractivity contribution is 5.93. The Morgan fingerprint density at radius 2 is 1.77 bits per heavy atom. The van der Waals surface area contributed by atoms with Gasteiger partial charge in [0.25, 0.3) is 5.91 Å². The number of rotatable bonds is 7. The molecule has 11 heteroatoms. The number of likely N-dealkylation sites (tertiary alicyclic amines) is 1. The molecule has 1 saturated carbocycles. The highest BCUT2D eigenvalue weighted by Gasteiger charge is 2.36. The summed E-state index contributed by atoms with van der Waals surface area (Å²) in [5, 5.41) is 14.8. The van der Waals surface area contributed by atoms with Gasteiger partial charge in [-0.15, -0.1) is 0 Å². The smallest absolute Gasteiger partial charge is 0.319 e. The van der Waals surface area contributed by atoms with E-state index in [0.29, 0.717) is 18.1 Å². The van der Waals surface area contributed by atoms with Crippen LogP contribution in [0.4, 0.5) is 11.6 Å². The van der Waals surface area contributed by atoms with E-state index in [2.05, 4.69) is 54.3 Å². The second kappa shape index (κ2) is 13.0. The molecule has 2 N–H and O–H groups in total. The van der Waals surface area contributed by atoms with E-state index in [-0.39, 0.29) is 36.7 Å². The third-order valence-corrected chi connectivity index (χ3v) is 9.70. The standard InChI is InChI=1S/C33H42N8O3/c42-29-21-41(18-13-28(29)40-15-10-23-5-1-2-6-24(23)20-40)32(43)27-19-30(38-33(37-27)44-26-7-3-4-8-26)36-25-11-16-39(17-12-25)31-9-14-34-22-35-31/h1-2,5-6,9,14,19,22,25-26,28-29,42H,3-4,7-8,10-13,15-18,20-21H2,(H,36,37,38)/t28-,29-/m1/s1. The minimum absolute atomic E-state index is 0.0320. The summed E-state index contributed by atoms with van der Waals surface area (Å²) in [5.41, 5.74) is 3.04. The molecule has 2 atom stereocenters. The molecule has 2 aromatic heterocycles. The molecule has 0 bridgehead atoms. The lowest BCUT2D eigenvalue weighted by atomic mass is 9.94. The Balaban J connectivity index is 1.02. The number of fused-ring (bicyclic) bond motifs is 1. The maximum absolute atomic E-state index is 13.8. The number of anilines is 2. The Morgan fingerprint density at radius 3 is 2.55 bits per heavy atom. The van der Waals surface area contributed by atoms with Gasteiger partial charge < -0.3 is 25.0 Å². The monoisotopic (exact) mass is 598 g/mol. The van der Waals surface area contributed by atoms with Crippen LogP contribution in [0.3, 0.4) is 0 Å². The zero-order valence-corrected chi connectivity index (χ0v) is 25.2. The van der Waals surface area contributed by atoms with E-state index in [4.69, 9.17) is 9.72 Å². The van der Waals surface area contributed by atoms with Crippen LogP contribution in [-0.2, 0) is 13.0 Å². The fraction of sp³-hybridized carbons (Fsp3) is 0.545. The summed E-state index contributed by atoms with van der Waals surface area (Å²) < 4.78 is 6.19. The van der Waals surface area contributed by atoms with E-state index in [9.17, 15) is 9.90 Å². The van der Waals surface area contributed by atoms with E-state index in [0.717, 1.165) is 83.4 Å². The van der Waals surface area contributed by atoms with Crippen molar-refractivity contribution in [2.75, 3.05) is 42.9 Å².